The molecule has 0 spiro atoms. The van der Waals surface area contributed by atoms with Crippen LogP contribution in [0.5, 0.6) is 0 Å². The van der Waals surface area contributed by atoms with Gasteiger partial charge in [0, 0.05) is 29.6 Å². The number of halogens is 1. The van der Waals surface area contributed by atoms with E-state index in [1.54, 1.807) is 4.57 Å². The molecule has 1 fully saturated rings. The number of hydrogen-bond donors (Lipinski definition) is 1. The molecule has 2 N–H and O–H groups in total. The van der Waals surface area contributed by atoms with Crippen LogP contribution < -0.4 is 10.6 Å². The molecule has 0 saturated carbocycles. The van der Waals surface area contributed by atoms with Crippen LogP contribution in [0.1, 0.15) is 22.1 Å². The third kappa shape index (κ3) is 3.97. The summed E-state index contributed by atoms with van der Waals surface area (Å²) in [4.78, 5) is 27.5. The van der Waals surface area contributed by atoms with Crippen molar-refractivity contribution in [2.75, 3.05) is 19.6 Å². The standard InChI is InChI=1S/C18H23N3O2S.ClH/c1-12-13(2)24-18(23)21(12)11-17(22)20-9-15(8-19)16(10-20)14-6-4-3-5-7-14;/h3-7,15-16H,8-11,19H2,1-2H3;1H/t15-,16+;/m1./s1. The van der Waals surface area contributed by atoms with Gasteiger partial charge in [-0.3, -0.25) is 14.2 Å². The minimum Gasteiger partial charge on any atom is -0.340 e. The first-order valence-electron chi connectivity index (χ1n) is 8.21. The molecule has 0 unspecified atom stereocenters. The first-order valence-corrected chi connectivity index (χ1v) is 9.02. The first kappa shape index (κ1) is 19.7. The van der Waals surface area contributed by atoms with Crippen LogP contribution in [0.2, 0.25) is 0 Å². The molecule has 2 atom stereocenters. The average molecular weight is 382 g/mol. The lowest BCUT2D eigenvalue weighted by molar-refractivity contribution is -0.131. The Morgan fingerprint density at radius 2 is 1.92 bits per heavy atom. The Balaban J connectivity index is 0.00000225. The summed E-state index contributed by atoms with van der Waals surface area (Å²) >= 11 is 1.20. The van der Waals surface area contributed by atoms with Gasteiger partial charge in [-0.25, -0.2) is 0 Å². The number of thiazole rings is 1. The number of amides is 1. The number of nitrogens with zero attached hydrogens (tertiary/aromatic N) is 2. The molecule has 2 aromatic rings. The molecule has 1 amide bonds. The Kier molecular flexibility index (Phi) is 6.43. The summed E-state index contributed by atoms with van der Waals surface area (Å²) in [5.41, 5.74) is 8.04. The van der Waals surface area contributed by atoms with Crippen molar-refractivity contribution in [3.8, 4) is 0 Å². The van der Waals surface area contributed by atoms with Crippen molar-refractivity contribution in [1.82, 2.24) is 9.47 Å². The fourth-order valence-electron chi connectivity index (χ4n) is 3.40. The minimum atomic E-state index is -0.0625. The molecular formula is C18H24ClN3O2S. The van der Waals surface area contributed by atoms with Gasteiger partial charge in [0.05, 0.1) is 0 Å². The van der Waals surface area contributed by atoms with Gasteiger partial charge in [0.15, 0.2) is 0 Å². The zero-order valence-electron chi connectivity index (χ0n) is 14.5. The van der Waals surface area contributed by atoms with Crippen molar-refractivity contribution < 1.29 is 4.79 Å². The van der Waals surface area contributed by atoms with Gasteiger partial charge in [0.1, 0.15) is 6.54 Å². The highest BCUT2D eigenvalue weighted by Crippen LogP contribution is 2.32. The van der Waals surface area contributed by atoms with Crippen molar-refractivity contribution in [3.63, 3.8) is 0 Å². The monoisotopic (exact) mass is 381 g/mol. The molecule has 5 nitrogen and oxygen atoms in total. The second-order valence-electron chi connectivity index (χ2n) is 6.41. The van der Waals surface area contributed by atoms with E-state index in [1.165, 1.54) is 16.9 Å². The maximum absolute atomic E-state index is 12.7. The Bertz CT molecular complexity index is 787. The maximum atomic E-state index is 12.7. The number of carbonyl (C=O) groups is 1. The van der Waals surface area contributed by atoms with Gasteiger partial charge in [-0.2, -0.15) is 0 Å². The zero-order valence-corrected chi connectivity index (χ0v) is 16.1. The van der Waals surface area contributed by atoms with Crippen molar-refractivity contribution in [2.45, 2.75) is 26.3 Å². The Labute approximate surface area is 157 Å². The molecular weight excluding hydrogens is 358 g/mol. The quantitative estimate of drug-likeness (QED) is 0.882. The van der Waals surface area contributed by atoms with E-state index in [9.17, 15) is 9.59 Å². The number of nitrogens with two attached hydrogens (primary N) is 1. The van der Waals surface area contributed by atoms with E-state index < -0.39 is 0 Å². The molecule has 1 aromatic carbocycles. The summed E-state index contributed by atoms with van der Waals surface area (Å²) in [6.45, 7) is 5.80. The second kappa shape index (κ2) is 8.17. The topological polar surface area (TPSA) is 68.3 Å². The highest BCUT2D eigenvalue weighted by Gasteiger charge is 2.35. The summed E-state index contributed by atoms with van der Waals surface area (Å²) in [6.07, 6.45) is 0. The van der Waals surface area contributed by atoms with Crippen LogP contribution in [0.15, 0.2) is 35.1 Å². The van der Waals surface area contributed by atoms with Gasteiger partial charge < -0.3 is 10.6 Å². The molecule has 1 saturated heterocycles. The number of benzene rings is 1. The summed E-state index contributed by atoms with van der Waals surface area (Å²) in [5.74, 6) is 0.524. The summed E-state index contributed by atoms with van der Waals surface area (Å²) in [7, 11) is 0. The van der Waals surface area contributed by atoms with Crippen molar-refractivity contribution >= 4 is 29.7 Å². The molecule has 25 heavy (non-hydrogen) atoms. The van der Waals surface area contributed by atoms with Crippen LogP contribution in [0, 0.1) is 19.8 Å². The van der Waals surface area contributed by atoms with Crippen LogP contribution in [-0.2, 0) is 11.3 Å². The fourth-order valence-corrected chi connectivity index (χ4v) is 4.23. The SMILES string of the molecule is Cc1sc(=O)n(CC(=O)N2C[C@@H](CN)[C@H](c3ccccc3)C2)c1C.Cl. The fraction of sp³-hybridized carbons (Fsp3) is 0.444. The Hall–Kier alpha value is -1.63. The van der Waals surface area contributed by atoms with Gasteiger partial charge in [-0.05, 0) is 31.9 Å². The number of hydrogen-bond acceptors (Lipinski definition) is 4. The molecule has 0 aliphatic carbocycles. The molecule has 7 heteroatoms. The summed E-state index contributed by atoms with van der Waals surface area (Å²) in [5, 5.41) is 0. The summed E-state index contributed by atoms with van der Waals surface area (Å²) in [6, 6.07) is 10.2. The molecule has 0 radical (unpaired) electrons. The summed E-state index contributed by atoms with van der Waals surface area (Å²) < 4.78 is 1.58. The smallest absolute Gasteiger partial charge is 0.308 e. The van der Waals surface area contributed by atoms with Crippen molar-refractivity contribution in [1.29, 1.82) is 0 Å². The third-order valence-electron chi connectivity index (χ3n) is 4.99. The minimum absolute atomic E-state index is 0. The van der Waals surface area contributed by atoms with E-state index in [-0.39, 0.29) is 41.6 Å². The first-order chi connectivity index (χ1) is 11.5. The van der Waals surface area contributed by atoms with Crippen LogP contribution in [0.4, 0.5) is 0 Å². The molecule has 136 valence electrons. The predicted octanol–water partition coefficient (Wildman–Crippen LogP) is 2.15. The largest absolute Gasteiger partial charge is 0.340 e. The number of rotatable bonds is 4. The van der Waals surface area contributed by atoms with Gasteiger partial charge in [-0.15, -0.1) is 12.4 Å². The van der Waals surface area contributed by atoms with Gasteiger partial charge in [0.25, 0.3) is 0 Å². The highest BCUT2D eigenvalue weighted by atomic mass is 35.5. The van der Waals surface area contributed by atoms with Crippen LogP contribution >= 0.6 is 23.7 Å². The van der Waals surface area contributed by atoms with Gasteiger partial charge in [-0.1, -0.05) is 41.7 Å². The second-order valence-corrected chi connectivity index (χ2v) is 7.57. The van der Waals surface area contributed by atoms with Crippen LogP contribution in [0.25, 0.3) is 0 Å². The third-order valence-corrected chi connectivity index (χ3v) is 5.99. The Morgan fingerprint density at radius 3 is 2.48 bits per heavy atom. The van der Waals surface area contributed by atoms with E-state index >= 15 is 0 Å². The van der Waals surface area contributed by atoms with Gasteiger partial charge in [0.2, 0.25) is 5.91 Å². The number of aromatic nitrogens is 1. The number of aryl methyl sites for hydroxylation is 1. The van der Waals surface area contributed by atoms with E-state index in [0.717, 1.165) is 10.6 Å². The van der Waals surface area contributed by atoms with E-state index in [2.05, 4.69) is 12.1 Å². The molecule has 3 rings (SSSR count). The molecule has 0 bridgehead atoms. The number of likely N-dealkylation sites (tertiary alicyclic amines) is 1. The van der Waals surface area contributed by atoms with Gasteiger partial charge >= 0.3 is 4.87 Å². The normalized spacial score (nSPS) is 19.7. The van der Waals surface area contributed by atoms with Crippen LogP contribution in [-0.4, -0.2) is 35.0 Å². The van der Waals surface area contributed by atoms with Crippen LogP contribution in [0.3, 0.4) is 0 Å². The number of carbonyl (C=O) groups excluding carboxylic acids is 1. The van der Waals surface area contributed by atoms with Crippen molar-refractivity contribution in [2.24, 2.45) is 11.7 Å². The lowest BCUT2D eigenvalue weighted by Crippen LogP contribution is -2.35. The highest BCUT2D eigenvalue weighted by molar-refractivity contribution is 7.09. The lowest BCUT2D eigenvalue weighted by Gasteiger charge is -2.17. The predicted molar refractivity (Wildman–Crippen MR) is 104 cm³/mol. The zero-order chi connectivity index (χ0) is 17.3. The lowest BCUT2D eigenvalue weighted by atomic mass is 9.89. The average Bonchev–Trinajstić information content (AvgIpc) is 3.12. The van der Waals surface area contributed by atoms with E-state index in [0.29, 0.717) is 19.6 Å². The molecule has 2 heterocycles. The molecule has 1 aromatic heterocycles. The Morgan fingerprint density at radius 1 is 1.24 bits per heavy atom. The van der Waals surface area contributed by atoms with E-state index in [1.807, 2.05) is 36.9 Å². The molecule has 1 aliphatic heterocycles. The molecule has 1 aliphatic rings. The van der Waals surface area contributed by atoms with Crippen molar-refractivity contribution in [3.05, 3.63) is 56.1 Å². The van der Waals surface area contributed by atoms with E-state index in [4.69, 9.17) is 5.73 Å². The maximum Gasteiger partial charge on any atom is 0.308 e.